The highest BCUT2D eigenvalue weighted by atomic mass is 32.2. The second-order valence-corrected chi connectivity index (χ2v) is 21.2. The number of likely N-dealkylation sites (tertiary alicyclic amines) is 2. The third-order valence-corrected chi connectivity index (χ3v) is 15.1. The number of rotatable bonds is 14. The molecule has 314 valence electrons. The fourth-order valence-electron chi connectivity index (χ4n) is 9.36. The first kappa shape index (κ1) is 46.5. The molecular weight excluding hydrogens is 717 g/mol. The Hall–Kier alpha value is -2.93. The summed E-state index contributed by atoms with van der Waals surface area (Å²) >= 11 is 0. The number of hydrogen-bond donors (Lipinski definition) is 4. The average Bonchev–Trinajstić information content (AvgIpc) is 3.94. The van der Waals surface area contributed by atoms with Crippen molar-refractivity contribution in [2.75, 3.05) is 26.2 Å². The quantitative estimate of drug-likeness (QED) is 0.104. The fraction of sp³-hybridized carbons (Fsp3) is 0.810. The van der Waals surface area contributed by atoms with Gasteiger partial charge in [-0.3, -0.25) is 23.9 Å². The molecule has 1 unspecified atom stereocenters. The molecule has 2 heterocycles. The second-order valence-electron chi connectivity index (χ2n) is 19.2. The lowest BCUT2D eigenvalue weighted by Gasteiger charge is -2.37. The van der Waals surface area contributed by atoms with Crippen LogP contribution in [0, 0.1) is 27.1 Å². The van der Waals surface area contributed by atoms with E-state index in [4.69, 9.17) is 5.73 Å². The molecule has 2 saturated heterocycles. The Morgan fingerprint density at radius 3 is 1.93 bits per heavy atom. The van der Waals surface area contributed by atoms with Crippen molar-refractivity contribution in [1.29, 1.82) is 0 Å². The minimum absolute atomic E-state index is 0.0483. The van der Waals surface area contributed by atoms with Gasteiger partial charge in [-0.1, -0.05) is 87.8 Å². The number of carbonyl (C=O) groups is 4. The molecule has 5 fully saturated rings. The van der Waals surface area contributed by atoms with Crippen molar-refractivity contribution >= 4 is 34.2 Å². The van der Waals surface area contributed by atoms with Crippen molar-refractivity contribution in [2.45, 2.75) is 163 Å². The van der Waals surface area contributed by atoms with Gasteiger partial charge in [-0.25, -0.2) is 8.42 Å². The molecule has 5 rings (SSSR count). The van der Waals surface area contributed by atoms with Crippen molar-refractivity contribution < 1.29 is 27.6 Å². The maximum Gasteiger partial charge on any atom is 0.246 e. The molecular formula is C42H74N6O6S. The lowest BCUT2D eigenvalue weighted by molar-refractivity contribution is -0.144. The summed E-state index contributed by atoms with van der Waals surface area (Å²) in [5.41, 5.74) is 5.36. The maximum absolute atomic E-state index is 13.9. The van der Waals surface area contributed by atoms with Gasteiger partial charge >= 0.3 is 0 Å². The van der Waals surface area contributed by atoms with Crippen LogP contribution < -0.4 is 21.1 Å². The largest absolute Gasteiger partial charge is 0.368 e. The molecule has 13 heteroatoms. The summed E-state index contributed by atoms with van der Waals surface area (Å²) in [6.45, 7) is 29.7. The number of nitrogens with zero attached hydrogens (tertiary/aromatic N) is 2. The molecule has 0 aromatic rings. The molecule has 4 amide bonds. The van der Waals surface area contributed by atoms with E-state index in [-0.39, 0.29) is 27.4 Å². The number of carbonyl (C=O) groups excluding carboxylic acids is 4. The molecule has 3 saturated carbocycles. The molecule has 4 atom stereocenters. The Labute approximate surface area is 332 Å². The molecule has 2 aliphatic heterocycles. The van der Waals surface area contributed by atoms with Crippen LogP contribution in [0.25, 0.3) is 0 Å². The molecule has 0 bridgehead atoms. The molecule has 0 radical (unpaired) electrons. The van der Waals surface area contributed by atoms with Crippen LogP contribution in [-0.2, 0) is 29.2 Å². The highest BCUT2D eigenvalue weighted by molar-refractivity contribution is 7.90. The number of hydrogen-bond acceptors (Lipinski definition) is 7. The van der Waals surface area contributed by atoms with Crippen molar-refractivity contribution in [3.63, 3.8) is 0 Å². The number of allylic oxidation sites excluding steroid dienone is 2. The summed E-state index contributed by atoms with van der Waals surface area (Å²) in [5.74, 6) is -1.20. The van der Waals surface area contributed by atoms with Gasteiger partial charge in [0.1, 0.15) is 18.1 Å². The predicted octanol–water partition coefficient (Wildman–Crippen LogP) is 5.39. The topological polar surface area (TPSA) is 171 Å². The third-order valence-electron chi connectivity index (χ3n) is 13.2. The number of nitrogens with two attached hydrogens (primary N) is 1. The van der Waals surface area contributed by atoms with Crippen molar-refractivity contribution in [1.82, 2.24) is 25.2 Å². The zero-order valence-corrected chi connectivity index (χ0v) is 36.3. The normalized spacial score (nSPS) is 25.1. The molecule has 5 N–H and O–H groups in total. The lowest BCUT2D eigenvalue weighted by atomic mass is 9.73. The molecule has 3 aliphatic carbocycles. The summed E-state index contributed by atoms with van der Waals surface area (Å²) in [7, 11) is -3.10. The predicted molar refractivity (Wildman–Crippen MR) is 220 cm³/mol. The molecule has 2 spiro atoms. The van der Waals surface area contributed by atoms with Gasteiger partial charge in [0.15, 0.2) is 0 Å². The monoisotopic (exact) mass is 791 g/mol. The van der Waals surface area contributed by atoms with Crippen LogP contribution in [0.2, 0.25) is 0 Å². The van der Waals surface area contributed by atoms with E-state index in [0.717, 1.165) is 38.5 Å². The summed E-state index contributed by atoms with van der Waals surface area (Å²) < 4.78 is 25.4. The Morgan fingerprint density at radius 1 is 0.945 bits per heavy atom. The first-order chi connectivity index (χ1) is 25.5. The van der Waals surface area contributed by atoms with Crippen LogP contribution in [0.1, 0.15) is 139 Å². The van der Waals surface area contributed by atoms with E-state index in [1.165, 1.54) is 45.3 Å². The van der Waals surface area contributed by atoms with Gasteiger partial charge < -0.3 is 26.2 Å². The minimum Gasteiger partial charge on any atom is -0.368 e. The van der Waals surface area contributed by atoms with Gasteiger partial charge in [-0.2, -0.15) is 0 Å². The van der Waals surface area contributed by atoms with Crippen LogP contribution in [-0.4, -0.2) is 91.9 Å². The number of piperidine rings is 1. The number of unbranched alkanes of at least 4 members (excludes halogenated alkanes) is 1. The first-order valence-corrected chi connectivity index (χ1v) is 22.1. The van der Waals surface area contributed by atoms with Gasteiger partial charge in [0, 0.05) is 17.7 Å². The smallest absolute Gasteiger partial charge is 0.246 e. The van der Waals surface area contributed by atoms with Crippen LogP contribution in [0.3, 0.4) is 0 Å². The van der Waals surface area contributed by atoms with Gasteiger partial charge in [0.05, 0.1) is 5.25 Å². The summed E-state index contributed by atoms with van der Waals surface area (Å²) in [5, 5.41) is 5.31. The Balaban J connectivity index is 0.000000300. The molecule has 5 aliphatic rings. The van der Waals surface area contributed by atoms with Crippen LogP contribution in [0.15, 0.2) is 24.9 Å². The Bertz CT molecular complexity index is 1500. The minimum atomic E-state index is -3.10. The van der Waals surface area contributed by atoms with Gasteiger partial charge in [0.25, 0.3) is 0 Å². The highest BCUT2D eigenvalue weighted by Crippen LogP contribution is 2.88. The maximum atomic E-state index is 13.9. The molecule has 12 nitrogen and oxygen atoms in total. The lowest BCUT2D eigenvalue weighted by Crippen LogP contribution is -2.61. The summed E-state index contributed by atoms with van der Waals surface area (Å²) in [4.78, 5) is 54.9. The van der Waals surface area contributed by atoms with Crippen LogP contribution in [0.4, 0.5) is 0 Å². The van der Waals surface area contributed by atoms with E-state index in [0.29, 0.717) is 31.5 Å². The van der Waals surface area contributed by atoms with E-state index >= 15 is 0 Å². The molecule has 0 aromatic carbocycles. The van der Waals surface area contributed by atoms with E-state index in [1.54, 1.807) is 4.90 Å². The van der Waals surface area contributed by atoms with Crippen molar-refractivity contribution in [3.05, 3.63) is 24.9 Å². The average molecular weight is 791 g/mol. The number of sulfonamides is 1. The number of primary amides is 1. The highest BCUT2D eigenvalue weighted by Gasteiger charge is 2.85. The van der Waals surface area contributed by atoms with Crippen LogP contribution in [0.5, 0.6) is 0 Å². The number of fused-ring (bicyclic) bond motifs is 1. The van der Waals surface area contributed by atoms with Crippen molar-refractivity contribution in [3.8, 4) is 0 Å². The summed E-state index contributed by atoms with van der Waals surface area (Å²) in [6, 6.07) is -2.34. The van der Waals surface area contributed by atoms with E-state index in [2.05, 4.69) is 54.2 Å². The second kappa shape index (κ2) is 18.1. The molecule has 0 aromatic heterocycles. The number of amides is 4. The van der Waals surface area contributed by atoms with Gasteiger partial charge in [0.2, 0.25) is 34.2 Å². The zero-order valence-electron chi connectivity index (χ0n) is 35.5. The standard InChI is InChI=1S/C25H42N4O4.C10H17NO2S.C7H15N/c1-21(2,3)16(27-14-30)19(32)28-17(22(4,5)6)20(33)29-13-25(12-15(29)18(26)31)23(7,8)24(25)10-9-11-24;1-3-4-5-6-9(2)11-14(12,13)10-7-8-10;1-2-8-6-4-3-5-7-8/h14-17H,9-13H2,1-8H3,(H2,26,31)(H,27,30)(H,28,32);3,10-11H,1-2,4-8H2;2-7H2,1H3/t15-,16?,17+,25+;;/m0../s1. The number of nitrogens with one attached hydrogen (secondary N) is 3. The fourth-order valence-corrected chi connectivity index (χ4v) is 10.8. The van der Waals surface area contributed by atoms with Gasteiger partial charge in [-0.05, 0) is 106 Å². The zero-order chi connectivity index (χ0) is 41.6. The SMILES string of the molecule is C=CCCCC(=C)NS(=O)(=O)C1CC1.CC(C)(C)C(NC=O)C(=O)N[C@H](C(=O)N1C[C@]2(C[C@H]1C(N)=O)C(C)(C)C21CCC1)C(C)(C)C.CCN1CCCCC1. The van der Waals surface area contributed by atoms with E-state index < -0.39 is 50.8 Å². The Morgan fingerprint density at radius 2 is 1.53 bits per heavy atom. The Kier molecular flexibility index (Phi) is 15.3. The first-order valence-electron chi connectivity index (χ1n) is 20.6. The summed E-state index contributed by atoms with van der Waals surface area (Å²) in [6.07, 6.45) is 14.7. The van der Waals surface area contributed by atoms with Crippen molar-refractivity contribution in [2.24, 2.45) is 32.8 Å². The van der Waals surface area contributed by atoms with E-state index in [9.17, 15) is 27.6 Å². The van der Waals surface area contributed by atoms with Crippen LogP contribution >= 0.6 is 0 Å². The third kappa shape index (κ3) is 10.5. The molecule has 55 heavy (non-hydrogen) atoms. The van der Waals surface area contributed by atoms with E-state index in [1.807, 2.05) is 47.6 Å². The van der Waals surface area contributed by atoms with Gasteiger partial charge in [-0.15, -0.1) is 6.58 Å².